The Bertz CT molecular complexity index is 527. The van der Waals surface area contributed by atoms with E-state index >= 15 is 0 Å². The van der Waals surface area contributed by atoms with Crippen LogP contribution < -0.4 is 5.32 Å². The minimum atomic E-state index is 0.565. The summed E-state index contributed by atoms with van der Waals surface area (Å²) in [5.41, 5.74) is 2.75. The lowest BCUT2D eigenvalue weighted by Gasteiger charge is -2.33. The summed E-state index contributed by atoms with van der Waals surface area (Å²) in [4.78, 5) is 6.75. The maximum atomic E-state index is 4.19. The first kappa shape index (κ1) is 14.2. The highest BCUT2D eigenvalue weighted by atomic mass is 15.2. The Labute approximate surface area is 127 Å². The molecule has 1 N–H and O–H groups in total. The average molecular weight is 281 g/mol. The van der Waals surface area contributed by atoms with Crippen LogP contribution in [0.25, 0.3) is 0 Å². The number of nitrogens with one attached hydrogen (secondary N) is 1. The third kappa shape index (κ3) is 4.38. The number of aromatic nitrogens is 1. The van der Waals surface area contributed by atoms with E-state index in [1.165, 1.54) is 11.1 Å². The lowest BCUT2D eigenvalue weighted by molar-refractivity contribution is 0.201. The van der Waals surface area contributed by atoms with Gasteiger partial charge in [0.1, 0.15) is 0 Å². The predicted octanol–water partition coefficient (Wildman–Crippen LogP) is 2.14. The number of pyridine rings is 1. The monoisotopic (exact) mass is 281 g/mol. The Balaban J connectivity index is 1.49. The van der Waals surface area contributed by atoms with Crippen molar-refractivity contribution in [2.75, 3.05) is 26.2 Å². The van der Waals surface area contributed by atoms with Crippen LogP contribution in [0.4, 0.5) is 0 Å². The van der Waals surface area contributed by atoms with Crippen molar-refractivity contribution in [2.24, 2.45) is 0 Å². The van der Waals surface area contributed by atoms with E-state index in [9.17, 15) is 0 Å². The first-order valence-corrected chi connectivity index (χ1v) is 7.79. The fraction of sp³-hybridized carbons (Fsp3) is 0.389. The Morgan fingerprint density at radius 1 is 1.10 bits per heavy atom. The molecular formula is C18H23N3. The molecule has 0 saturated carbocycles. The lowest BCUT2D eigenvalue weighted by atomic mass is 10.0. The molecule has 1 aromatic heterocycles. The van der Waals surface area contributed by atoms with Gasteiger partial charge in [0, 0.05) is 44.6 Å². The van der Waals surface area contributed by atoms with E-state index in [2.05, 4.69) is 51.6 Å². The molecule has 0 radical (unpaired) electrons. The number of hydrogen-bond donors (Lipinski definition) is 1. The van der Waals surface area contributed by atoms with E-state index in [-0.39, 0.29) is 0 Å². The SMILES string of the molecule is c1ccc(CC2CN(CCc3cccnc3)CCN2)cc1. The van der Waals surface area contributed by atoms with Crippen molar-refractivity contribution in [3.63, 3.8) is 0 Å². The molecule has 3 rings (SSSR count). The highest BCUT2D eigenvalue weighted by molar-refractivity contribution is 5.16. The Morgan fingerprint density at radius 2 is 1.95 bits per heavy atom. The third-order valence-corrected chi connectivity index (χ3v) is 4.10. The second-order valence-electron chi connectivity index (χ2n) is 5.75. The Hall–Kier alpha value is -1.71. The first-order valence-electron chi connectivity index (χ1n) is 7.79. The third-order valence-electron chi connectivity index (χ3n) is 4.10. The van der Waals surface area contributed by atoms with Crippen LogP contribution in [0.1, 0.15) is 11.1 Å². The summed E-state index contributed by atoms with van der Waals surface area (Å²) in [6, 6.07) is 15.5. The lowest BCUT2D eigenvalue weighted by Crippen LogP contribution is -2.51. The minimum absolute atomic E-state index is 0.565. The van der Waals surface area contributed by atoms with Gasteiger partial charge in [-0.1, -0.05) is 36.4 Å². The summed E-state index contributed by atoms with van der Waals surface area (Å²) >= 11 is 0. The van der Waals surface area contributed by atoms with Crippen LogP contribution in [0.5, 0.6) is 0 Å². The van der Waals surface area contributed by atoms with E-state index < -0.39 is 0 Å². The number of nitrogens with zero attached hydrogens (tertiary/aromatic N) is 2. The van der Waals surface area contributed by atoms with Crippen molar-refractivity contribution in [2.45, 2.75) is 18.9 Å². The van der Waals surface area contributed by atoms with Gasteiger partial charge in [0.25, 0.3) is 0 Å². The molecule has 2 aromatic rings. The van der Waals surface area contributed by atoms with Crippen LogP contribution in [-0.2, 0) is 12.8 Å². The maximum absolute atomic E-state index is 4.19. The van der Waals surface area contributed by atoms with Gasteiger partial charge in [-0.2, -0.15) is 0 Å². The van der Waals surface area contributed by atoms with Gasteiger partial charge in [-0.15, -0.1) is 0 Å². The number of benzene rings is 1. The minimum Gasteiger partial charge on any atom is -0.311 e. The highest BCUT2D eigenvalue weighted by Gasteiger charge is 2.19. The normalized spacial score (nSPS) is 19.5. The van der Waals surface area contributed by atoms with Crippen LogP contribution in [0.2, 0.25) is 0 Å². The molecule has 0 aliphatic carbocycles. The highest BCUT2D eigenvalue weighted by Crippen LogP contribution is 2.08. The molecule has 3 nitrogen and oxygen atoms in total. The van der Waals surface area contributed by atoms with E-state index in [1.807, 2.05) is 18.5 Å². The van der Waals surface area contributed by atoms with E-state index in [1.54, 1.807) is 0 Å². The fourth-order valence-corrected chi connectivity index (χ4v) is 2.97. The van der Waals surface area contributed by atoms with Gasteiger partial charge in [0.15, 0.2) is 0 Å². The second kappa shape index (κ2) is 7.34. The summed E-state index contributed by atoms with van der Waals surface area (Å²) in [6.07, 6.45) is 6.02. The van der Waals surface area contributed by atoms with E-state index in [0.29, 0.717) is 6.04 Å². The Kier molecular flexibility index (Phi) is 4.98. The van der Waals surface area contributed by atoms with Crippen molar-refractivity contribution in [3.8, 4) is 0 Å². The zero-order valence-corrected chi connectivity index (χ0v) is 12.4. The van der Waals surface area contributed by atoms with Crippen LogP contribution in [0, 0.1) is 0 Å². The molecule has 1 aliphatic heterocycles. The number of hydrogen-bond acceptors (Lipinski definition) is 3. The van der Waals surface area contributed by atoms with Crippen molar-refractivity contribution in [1.29, 1.82) is 0 Å². The van der Waals surface area contributed by atoms with E-state index in [0.717, 1.165) is 39.0 Å². The Morgan fingerprint density at radius 3 is 2.76 bits per heavy atom. The van der Waals surface area contributed by atoms with Crippen LogP contribution in [0.15, 0.2) is 54.9 Å². The zero-order valence-electron chi connectivity index (χ0n) is 12.4. The molecule has 0 amide bonds. The molecule has 110 valence electrons. The average Bonchev–Trinajstić information content (AvgIpc) is 2.55. The summed E-state index contributed by atoms with van der Waals surface area (Å²) in [5.74, 6) is 0. The summed E-state index contributed by atoms with van der Waals surface area (Å²) in [6.45, 7) is 4.49. The smallest absolute Gasteiger partial charge is 0.0300 e. The molecule has 1 fully saturated rings. The zero-order chi connectivity index (χ0) is 14.3. The largest absolute Gasteiger partial charge is 0.311 e. The maximum Gasteiger partial charge on any atom is 0.0300 e. The summed E-state index contributed by atoms with van der Waals surface area (Å²) < 4.78 is 0. The van der Waals surface area contributed by atoms with Gasteiger partial charge in [0.05, 0.1) is 0 Å². The summed E-state index contributed by atoms with van der Waals surface area (Å²) in [7, 11) is 0. The predicted molar refractivity (Wildman–Crippen MR) is 86.3 cm³/mol. The number of rotatable bonds is 5. The van der Waals surface area contributed by atoms with E-state index in [4.69, 9.17) is 0 Å². The molecule has 0 bridgehead atoms. The molecule has 2 heterocycles. The van der Waals surface area contributed by atoms with Crippen LogP contribution in [-0.4, -0.2) is 42.1 Å². The quantitative estimate of drug-likeness (QED) is 0.910. The van der Waals surface area contributed by atoms with Gasteiger partial charge in [-0.05, 0) is 30.0 Å². The molecule has 1 unspecified atom stereocenters. The summed E-state index contributed by atoms with van der Waals surface area (Å²) in [5, 5.41) is 3.64. The van der Waals surface area contributed by atoms with Crippen molar-refractivity contribution >= 4 is 0 Å². The molecule has 1 aliphatic rings. The van der Waals surface area contributed by atoms with Crippen LogP contribution >= 0.6 is 0 Å². The standard InChI is InChI=1S/C18H23N3/c1-2-5-16(6-3-1)13-18-15-21(12-10-20-18)11-8-17-7-4-9-19-14-17/h1-7,9,14,18,20H,8,10-13,15H2. The topological polar surface area (TPSA) is 28.2 Å². The molecule has 1 saturated heterocycles. The second-order valence-corrected chi connectivity index (χ2v) is 5.75. The molecular weight excluding hydrogens is 258 g/mol. The van der Waals surface area contributed by atoms with Crippen LogP contribution in [0.3, 0.4) is 0 Å². The molecule has 1 aromatic carbocycles. The molecule has 3 heteroatoms. The number of piperazine rings is 1. The molecule has 21 heavy (non-hydrogen) atoms. The molecule has 0 spiro atoms. The van der Waals surface area contributed by atoms with Gasteiger partial charge < -0.3 is 10.2 Å². The van der Waals surface area contributed by atoms with Gasteiger partial charge in [0.2, 0.25) is 0 Å². The van der Waals surface area contributed by atoms with Crippen molar-refractivity contribution in [1.82, 2.24) is 15.2 Å². The van der Waals surface area contributed by atoms with Crippen molar-refractivity contribution in [3.05, 3.63) is 66.0 Å². The van der Waals surface area contributed by atoms with Gasteiger partial charge in [-0.3, -0.25) is 4.98 Å². The molecule has 1 atom stereocenters. The van der Waals surface area contributed by atoms with Gasteiger partial charge >= 0.3 is 0 Å². The van der Waals surface area contributed by atoms with Gasteiger partial charge in [-0.25, -0.2) is 0 Å². The first-order chi connectivity index (χ1) is 10.4. The van der Waals surface area contributed by atoms with Crippen molar-refractivity contribution < 1.29 is 0 Å². The fourth-order valence-electron chi connectivity index (χ4n) is 2.97.